The van der Waals surface area contributed by atoms with E-state index in [0.29, 0.717) is 16.5 Å². The molecule has 74 heavy (non-hydrogen) atoms. The Morgan fingerprint density at radius 2 is 1.23 bits per heavy atom. The number of carbonyl (C=O) groups is 7. The Hall–Kier alpha value is -6.37. The van der Waals surface area contributed by atoms with Gasteiger partial charge in [-0.15, -0.1) is 6.58 Å². The number of fused-ring (bicyclic) bond motifs is 1. The molecule has 2 heterocycles. The molecule has 1 aromatic heterocycles. The molecule has 7 N–H and O–H groups in total. The summed E-state index contributed by atoms with van der Waals surface area (Å²) in [5, 5.41) is 37.5. The maximum Gasteiger partial charge on any atom is 0.248 e. The zero-order chi connectivity index (χ0) is 55.5. The maximum atomic E-state index is 15.4. The molecule has 1 aliphatic rings. The van der Waals surface area contributed by atoms with Crippen molar-refractivity contribution in [1.29, 1.82) is 0 Å². The number of nitrogens with zero attached hydrogens (tertiary/aromatic N) is 3. The minimum Gasteiger partial charge on any atom is -0.396 e. The molecule has 0 saturated carbocycles. The molecule has 0 bridgehead atoms. The van der Waals surface area contributed by atoms with Crippen LogP contribution in [0, 0.1) is 23.7 Å². The van der Waals surface area contributed by atoms with Crippen molar-refractivity contribution in [1.82, 2.24) is 41.0 Å². The minimum atomic E-state index is -1.81. The number of allylic oxidation sites excluding steroid dienone is 2. The summed E-state index contributed by atoms with van der Waals surface area (Å²) < 4.78 is 7.76. The number of aromatic nitrogens is 1. The fourth-order valence-corrected chi connectivity index (χ4v) is 9.35. The second-order valence-electron chi connectivity index (χ2n) is 21.4. The zero-order valence-electron chi connectivity index (χ0n) is 45.8. The van der Waals surface area contributed by atoms with E-state index in [4.69, 9.17) is 4.74 Å². The molecule has 0 aliphatic carbocycles. The maximum absolute atomic E-state index is 15.4. The topological polar surface area (TPSA) is 241 Å². The zero-order valence-corrected chi connectivity index (χ0v) is 45.8. The van der Waals surface area contributed by atoms with E-state index in [1.54, 1.807) is 88.5 Å². The van der Waals surface area contributed by atoms with Crippen LogP contribution in [0.2, 0.25) is 0 Å². The Morgan fingerprint density at radius 1 is 0.716 bits per heavy atom. The lowest BCUT2D eigenvalue weighted by molar-refractivity contribution is -0.146. The van der Waals surface area contributed by atoms with Gasteiger partial charge in [-0.2, -0.15) is 0 Å². The summed E-state index contributed by atoms with van der Waals surface area (Å²) >= 11 is 0. The van der Waals surface area contributed by atoms with Crippen LogP contribution in [0.4, 0.5) is 0 Å². The Bertz CT molecular complexity index is 2500. The Labute approximate surface area is 437 Å². The highest BCUT2D eigenvalue weighted by atomic mass is 16.5. The molecule has 3 aromatic rings. The number of methoxy groups -OCH3 is 1. The molecule has 2 aromatic carbocycles. The molecular formula is C56H82N8O10. The molecule has 18 heteroatoms. The summed E-state index contributed by atoms with van der Waals surface area (Å²) in [7, 11) is 4.15. The molecule has 1 saturated heterocycles. The first-order chi connectivity index (χ1) is 34.7. The van der Waals surface area contributed by atoms with Gasteiger partial charge >= 0.3 is 0 Å². The molecule has 1 fully saturated rings. The summed E-state index contributed by atoms with van der Waals surface area (Å²) in [5.41, 5.74) is 1.59. The number of likely N-dealkylation sites (N-methyl/N-ethyl adjacent to an activating group) is 2. The average molecular weight is 1030 g/mol. The first kappa shape index (κ1) is 60.2. The highest BCUT2D eigenvalue weighted by Crippen LogP contribution is 2.34. The van der Waals surface area contributed by atoms with Crippen LogP contribution in [0.3, 0.4) is 0 Å². The molecule has 0 radical (unpaired) electrons. The number of para-hydroxylation sites is 1. The molecule has 4 rings (SSSR count). The highest BCUT2D eigenvalue weighted by Gasteiger charge is 2.43. The number of benzene rings is 2. The summed E-state index contributed by atoms with van der Waals surface area (Å²) in [6.07, 6.45) is 2.34. The van der Waals surface area contributed by atoms with Crippen molar-refractivity contribution in [3.05, 3.63) is 96.2 Å². The van der Waals surface area contributed by atoms with Crippen molar-refractivity contribution in [2.75, 3.05) is 27.8 Å². The highest BCUT2D eigenvalue weighted by molar-refractivity contribution is 5.99. The minimum absolute atomic E-state index is 0.126. The number of hydrogen-bond acceptors (Lipinski definition) is 10. The van der Waals surface area contributed by atoms with E-state index in [1.165, 1.54) is 33.0 Å². The van der Waals surface area contributed by atoms with Gasteiger partial charge in [-0.3, -0.25) is 33.6 Å². The van der Waals surface area contributed by atoms with E-state index in [-0.39, 0.29) is 30.9 Å². The van der Waals surface area contributed by atoms with Gasteiger partial charge in [-0.1, -0.05) is 108 Å². The summed E-state index contributed by atoms with van der Waals surface area (Å²) in [5.74, 6) is -7.52. The van der Waals surface area contributed by atoms with Crippen LogP contribution < -0.4 is 26.6 Å². The standard InChI is InChI=1S/C56H82N8O10/c1-16-56(11,12)64-29-39(38-24-20-21-25-40(38)64)47(66)45-55(73)63(14)42(28-34(8)30-65)50(68)57-36(10)49(67)61-46(48(74-15)37-22-18-17-19-23-37)53(71)58-43(33(6)7)54(72)62(13)41(27-32(4)5)51(69)59-44(52(70)60-45)35(9)26-31(2)3/h16-26,29,32-36,41-48,65-66H,1,27-28,30H2,2-15H3,(H,57,68)(H,58,71)(H,59,69)(H,60,70)(H,61,67)/t34-,35-,36+,41+,42+,43?,44+,45+,46+,47-,48-/m1/s1. The predicted octanol–water partition coefficient (Wildman–Crippen LogP) is 4.42. The lowest BCUT2D eigenvalue weighted by Crippen LogP contribution is -2.62. The fourth-order valence-electron chi connectivity index (χ4n) is 9.35. The first-order valence-corrected chi connectivity index (χ1v) is 25.5. The number of aliphatic hydroxyl groups is 2. The third-order valence-electron chi connectivity index (χ3n) is 13.9. The van der Waals surface area contributed by atoms with E-state index in [2.05, 4.69) is 33.2 Å². The molecule has 7 amide bonds. The van der Waals surface area contributed by atoms with Gasteiger partial charge in [-0.05, 0) is 76.8 Å². The molecule has 0 spiro atoms. The summed E-state index contributed by atoms with van der Waals surface area (Å²) in [6, 6.07) is 6.04. The first-order valence-electron chi connectivity index (χ1n) is 25.5. The van der Waals surface area contributed by atoms with Crippen LogP contribution in [0.25, 0.3) is 10.9 Å². The number of ether oxygens (including phenoxy) is 1. The van der Waals surface area contributed by atoms with E-state index in [0.717, 1.165) is 10.5 Å². The van der Waals surface area contributed by atoms with Crippen molar-refractivity contribution in [3.63, 3.8) is 0 Å². The molecule has 18 nitrogen and oxygen atoms in total. The van der Waals surface area contributed by atoms with Crippen LogP contribution in [0.5, 0.6) is 0 Å². The van der Waals surface area contributed by atoms with Gasteiger partial charge in [0.25, 0.3) is 0 Å². The lowest BCUT2D eigenvalue weighted by Gasteiger charge is -2.36. The third kappa shape index (κ3) is 14.5. The number of aliphatic hydroxyl groups excluding tert-OH is 2. The largest absolute Gasteiger partial charge is 0.396 e. The van der Waals surface area contributed by atoms with Crippen molar-refractivity contribution in [2.45, 2.75) is 149 Å². The molecule has 1 aliphatic heterocycles. The molecule has 1 unspecified atom stereocenters. The van der Waals surface area contributed by atoms with Gasteiger partial charge in [0.1, 0.15) is 54.5 Å². The van der Waals surface area contributed by atoms with Gasteiger partial charge in [0.15, 0.2) is 0 Å². The van der Waals surface area contributed by atoms with Crippen molar-refractivity contribution in [3.8, 4) is 0 Å². The normalized spacial score (nSPS) is 24.2. The Balaban J connectivity index is 2.02. The Kier molecular flexibility index (Phi) is 21.3. The van der Waals surface area contributed by atoms with E-state index < -0.39 is 119 Å². The molecule has 406 valence electrons. The lowest BCUT2D eigenvalue weighted by atomic mass is 9.94. The van der Waals surface area contributed by atoms with Gasteiger partial charge < -0.3 is 55.9 Å². The summed E-state index contributed by atoms with van der Waals surface area (Å²) in [6.45, 7) is 23.1. The smallest absolute Gasteiger partial charge is 0.248 e. The predicted molar refractivity (Wildman–Crippen MR) is 285 cm³/mol. The second-order valence-corrected chi connectivity index (χ2v) is 21.4. The van der Waals surface area contributed by atoms with Crippen molar-refractivity contribution in [2.24, 2.45) is 23.7 Å². The molecule has 11 atom stereocenters. The molecular weight excluding hydrogens is 945 g/mol. The van der Waals surface area contributed by atoms with Crippen LogP contribution in [-0.4, -0.2) is 136 Å². The monoisotopic (exact) mass is 1030 g/mol. The average Bonchev–Trinajstić information content (AvgIpc) is 3.76. The van der Waals surface area contributed by atoms with Gasteiger partial charge in [0, 0.05) is 56.4 Å². The number of rotatable bonds is 15. The van der Waals surface area contributed by atoms with Crippen LogP contribution >= 0.6 is 0 Å². The van der Waals surface area contributed by atoms with Gasteiger partial charge in [0.2, 0.25) is 41.4 Å². The SMILES string of the molecule is C=CC(C)(C)n1cc([C@@H](O)[C@@H]2NC(=O)[C@H]([C@H](C)C=C(C)C)NC(=O)[C@H](CC(C)C)N(C)C(=O)C(C(C)C)NC(=O)[C@H]([C@H](OC)c3ccccc3)NC(=O)[C@H](C)NC(=O)[C@H](C[C@@H](C)CO)N(C)C2=O)c2ccccc21. The Morgan fingerprint density at radius 3 is 1.78 bits per heavy atom. The van der Waals surface area contributed by atoms with E-state index >= 15 is 9.59 Å². The number of carbonyl (C=O) groups excluding carboxylic acids is 7. The number of nitrogens with one attached hydrogen (secondary N) is 5. The third-order valence-corrected chi connectivity index (χ3v) is 13.9. The second kappa shape index (κ2) is 26.2. The van der Waals surface area contributed by atoms with Crippen LogP contribution in [0.15, 0.2) is 85.1 Å². The van der Waals surface area contributed by atoms with Crippen LogP contribution in [-0.2, 0) is 43.8 Å². The number of amides is 7. The number of hydrogen-bond donors (Lipinski definition) is 7. The fraction of sp³-hybridized carbons (Fsp3) is 0.554. The summed E-state index contributed by atoms with van der Waals surface area (Å²) in [4.78, 5) is 106. The van der Waals surface area contributed by atoms with Crippen LogP contribution in [0.1, 0.15) is 112 Å². The van der Waals surface area contributed by atoms with Crippen molar-refractivity contribution >= 4 is 52.3 Å². The van der Waals surface area contributed by atoms with Crippen molar-refractivity contribution < 1.29 is 48.5 Å². The van der Waals surface area contributed by atoms with Gasteiger partial charge in [-0.25, -0.2) is 0 Å². The van der Waals surface area contributed by atoms with Gasteiger partial charge in [0.05, 0.1) is 5.54 Å². The van der Waals surface area contributed by atoms with E-state index in [9.17, 15) is 34.2 Å². The van der Waals surface area contributed by atoms with E-state index in [1.807, 2.05) is 58.2 Å². The quantitative estimate of drug-likeness (QED) is 0.106.